The number of nitrogens with one attached hydrogen (secondary N) is 1. The lowest BCUT2D eigenvalue weighted by atomic mass is 10.1. The first kappa shape index (κ1) is 23.3. The molecule has 0 bridgehead atoms. The van der Waals surface area contributed by atoms with Gasteiger partial charge in [-0.3, -0.25) is 9.69 Å². The second-order valence-electron chi connectivity index (χ2n) is 8.43. The van der Waals surface area contributed by atoms with Crippen LogP contribution in [0.5, 0.6) is 5.75 Å². The number of hydrogen-bond donors (Lipinski definition) is 2. The van der Waals surface area contributed by atoms with Gasteiger partial charge < -0.3 is 20.1 Å². The Labute approximate surface area is 185 Å². The van der Waals surface area contributed by atoms with Crippen molar-refractivity contribution >= 4 is 11.6 Å². The van der Waals surface area contributed by atoms with E-state index in [0.717, 1.165) is 67.3 Å². The summed E-state index contributed by atoms with van der Waals surface area (Å²) in [5.74, 6) is 0.875. The molecule has 168 valence electrons. The summed E-state index contributed by atoms with van der Waals surface area (Å²) in [5.41, 5.74) is 4.22. The van der Waals surface area contributed by atoms with Crippen LogP contribution in [0.2, 0.25) is 0 Å². The van der Waals surface area contributed by atoms with E-state index in [1.54, 1.807) is 7.11 Å². The zero-order valence-corrected chi connectivity index (χ0v) is 18.9. The Morgan fingerprint density at radius 3 is 2.26 bits per heavy atom. The number of carbonyl (C=O) groups is 1. The van der Waals surface area contributed by atoms with Gasteiger partial charge in [0.05, 0.1) is 19.8 Å². The van der Waals surface area contributed by atoms with Gasteiger partial charge in [-0.1, -0.05) is 30.3 Å². The minimum Gasteiger partial charge on any atom is -0.497 e. The van der Waals surface area contributed by atoms with Gasteiger partial charge in [-0.15, -0.1) is 0 Å². The third-order valence-corrected chi connectivity index (χ3v) is 5.99. The average molecular weight is 426 g/mol. The fourth-order valence-electron chi connectivity index (χ4n) is 4.03. The van der Waals surface area contributed by atoms with Gasteiger partial charge in [0.15, 0.2) is 0 Å². The van der Waals surface area contributed by atoms with E-state index in [4.69, 9.17) is 4.74 Å². The number of piperazine rings is 1. The topological polar surface area (TPSA) is 65.0 Å². The zero-order chi connectivity index (χ0) is 22.2. The lowest BCUT2D eigenvalue weighted by molar-refractivity contribution is -0.117. The molecule has 1 fully saturated rings. The highest BCUT2D eigenvalue weighted by molar-refractivity contribution is 5.93. The fraction of sp³-hybridized carbons (Fsp3) is 0.480. The molecule has 2 aromatic carbocycles. The highest BCUT2D eigenvalue weighted by atomic mass is 16.5. The average Bonchev–Trinajstić information content (AvgIpc) is 2.76. The fourth-order valence-corrected chi connectivity index (χ4v) is 4.03. The van der Waals surface area contributed by atoms with Gasteiger partial charge in [0.2, 0.25) is 5.91 Å². The number of nitrogens with zero attached hydrogens (tertiary/aromatic N) is 2. The Balaban J connectivity index is 1.36. The van der Waals surface area contributed by atoms with Crippen molar-refractivity contribution in [3.63, 3.8) is 0 Å². The number of para-hydroxylation sites is 1. The van der Waals surface area contributed by atoms with Crippen LogP contribution in [-0.2, 0) is 11.2 Å². The summed E-state index contributed by atoms with van der Waals surface area (Å²) in [6, 6.07) is 13.9. The number of rotatable bonds is 9. The molecule has 2 N–H and O–H groups in total. The summed E-state index contributed by atoms with van der Waals surface area (Å²) in [6.45, 7) is 8.91. The predicted molar refractivity (Wildman–Crippen MR) is 125 cm³/mol. The first-order chi connectivity index (χ1) is 14.9. The van der Waals surface area contributed by atoms with Crippen molar-refractivity contribution < 1.29 is 14.6 Å². The number of aliphatic hydroxyl groups is 1. The molecule has 1 heterocycles. The second-order valence-corrected chi connectivity index (χ2v) is 8.43. The molecule has 31 heavy (non-hydrogen) atoms. The van der Waals surface area contributed by atoms with Crippen molar-refractivity contribution in [3.05, 3.63) is 59.2 Å². The zero-order valence-electron chi connectivity index (χ0n) is 18.9. The molecule has 2 aromatic rings. The van der Waals surface area contributed by atoms with Gasteiger partial charge in [-0.05, 0) is 55.5 Å². The summed E-state index contributed by atoms with van der Waals surface area (Å²) >= 11 is 0. The summed E-state index contributed by atoms with van der Waals surface area (Å²) in [5, 5.41) is 13.5. The third-order valence-electron chi connectivity index (χ3n) is 5.99. The van der Waals surface area contributed by atoms with Gasteiger partial charge in [0, 0.05) is 38.4 Å². The van der Waals surface area contributed by atoms with Crippen molar-refractivity contribution in [3.8, 4) is 5.75 Å². The molecule has 1 amide bonds. The smallest absolute Gasteiger partial charge is 0.238 e. The van der Waals surface area contributed by atoms with E-state index in [9.17, 15) is 9.90 Å². The number of hydrogen-bond acceptors (Lipinski definition) is 5. The van der Waals surface area contributed by atoms with Crippen LogP contribution >= 0.6 is 0 Å². The number of benzene rings is 2. The Hall–Kier alpha value is -2.41. The summed E-state index contributed by atoms with van der Waals surface area (Å²) in [7, 11) is 1.65. The summed E-state index contributed by atoms with van der Waals surface area (Å²) < 4.78 is 5.18. The van der Waals surface area contributed by atoms with Crippen LogP contribution in [0.3, 0.4) is 0 Å². The van der Waals surface area contributed by atoms with Crippen molar-refractivity contribution in [1.82, 2.24) is 9.80 Å². The van der Waals surface area contributed by atoms with Gasteiger partial charge >= 0.3 is 0 Å². The maximum absolute atomic E-state index is 12.5. The molecule has 0 aromatic heterocycles. The number of carbonyl (C=O) groups excluding carboxylic acids is 1. The second kappa shape index (κ2) is 11.3. The molecule has 1 unspecified atom stereocenters. The summed E-state index contributed by atoms with van der Waals surface area (Å²) in [6.07, 6.45) is 1.05. The maximum Gasteiger partial charge on any atom is 0.238 e. The standard InChI is InChI=1S/C25H35N3O3/c1-19-5-4-6-20(2)25(19)26-24(30)18-28-15-13-27(14-16-28)12-11-22(29)17-21-7-9-23(31-3)10-8-21/h4-10,22,29H,11-18H2,1-3H3,(H,26,30). The molecule has 6 nitrogen and oxygen atoms in total. The normalized spacial score (nSPS) is 16.1. The van der Waals surface area contributed by atoms with Gasteiger partial charge in [-0.2, -0.15) is 0 Å². The molecular formula is C25H35N3O3. The molecule has 1 atom stereocenters. The van der Waals surface area contributed by atoms with Gasteiger partial charge in [0.1, 0.15) is 5.75 Å². The van der Waals surface area contributed by atoms with E-state index in [-0.39, 0.29) is 12.0 Å². The van der Waals surface area contributed by atoms with E-state index in [0.29, 0.717) is 13.0 Å². The molecule has 3 rings (SSSR count). The van der Waals surface area contributed by atoms with Crippen LogP contribution in [0.4, 0.5) is 5.69 Å². The molecule has 1 aliphatic rings. The molecule has 0 spiro atoms. The molecule has 0 radical (unpaired) electrons. The largest absolute Gasteiger partial charge is 0.497 e. The number of anilines is 1. The van der Waals surface area contributed by atoms with Crippen molar-refractivity contribution in [2.75, 3.05) is 51.7 Å². The van der Waals surface area contributed by atoms with Crippen molar-refractivity contribution in [1.29, 1.82) is 0 Å². The van der Waals surface area contributed by atoms with E-state index in [2.05, 4.69) is 15.1 Å². The van der Waals surface area contributed by atoms with E-state index >= 15 is 0 Å². The van der Waals surface area contributed by atoms with E-state index < -0.39 is 0 Å². The first-order valence-corrected chi connectivity index (χ1v) is 11.1. The SMILES string of the molecule is COc1ccc(CC(O)CCN2CCN(CC(=O)Nc3c(C)cccc3C)CC2)cc1. The molecule has 6 heteroatoms. The predicted octanol–water partition coefficient (Wildman–Crippen LogP) is 2.86. The third kappa shape index (κ3) is 7.06. The lowest BCUT2D eigenvalue weighted by Crippen LogP contribution is -2.49. The highest BCUT2D eigenvalue weighted by Gasteiger charge is 2.20. The number of aryl methyl sites for hydroxylation is 2. The summed E-state index contributed by atoms with van der Waals surface area (Å²) in [4.78, 5) is 17.1. The van der Waals surface area contributed by atoms with Gasteiger partial charge in [0.25, 0.3) is 0 Å². The highest BCUT2D eigenvalue weighted by Crippen LogP contribution is 2.19. The van der Waals surface area contributed by atoms with Crippen LogP contribution in [0.1, 0.15) is 23.1 Å². The molecule has 1 saturated heterocycles. The van der Waals surface area contributed by atoms with Crippen LogP contribution in [-0.4, -0.2) is 73.3 Å². The minimum atomic E-state index is -0.352. The Morgan fingerprint density at radius 1 is 1.03 bits per heavy atom. The van der Waals surface area contributed by atoms with Crippen LogP contribution in [0, 0.1) is 13.8 Å². The van der Waals surface area contributed by atoms with Crippen molar-refractivity contribution in [2.24, 2.45) is 0 Å². The first-order valence-electron chi connectivity index (χ1n) is 11.1. The lowest BCUT2D eigenvalue weighted by Gasteiger charge is -2.34. The number of aliphatic hydroxyl groups excluding tert-OH is 1. The monoisotopic (exact) mass is 425 g/mol. The molecular weight excluding hydrogens is 390 g/mol. The molecule has 1 aliphatic heterocycles. The van der Waals surface area contributed by atoms with E-state index in [1.165, 1.54) is 0 Å². The van der Waals surface area contributed by atoms with Crippen LogP contribution < -0.4 is 10.1 Å². The molecule has 0 aliphatic carbocycles. The number of amides is 1. The number of methoxy groups -OCH3 is 1. The van der Waals surface area contributed by atoms with Gasteiger partial charge in [-0.25, -0.2) is 0 Å². The van der Waals surface area contributed by atoms with Crippen LogP contribution in [0.25, 0.3) is 0 Å². The van der Waals surface area contributed by atoms with Crippen LogP contribution in [0.15, 0.2) is 42.5 Å². The maximum atomic E-state index is 12.5. The van der Waals surface area contributed by atoms with E-state index in [1.807, 2.05) is 56.3 Å². The number of ether oxygens (including phenoxy) is 1. The Bertz CT molecular complexity index is 825. The Morgan fingerprint density at radius 2 is 1.65 bits per heavy atom. The van der Waals surface area contributed by atoms with Crippen molar-refractivity contribution in [2.45, 2.75) is 32.8 Å². The Kier molecular flexibility index (Phi) is 8.46. The quantitative estimate of drug-likeness (QED) is 0.647. The minimum absolute atomic E-state index is 0.0424. The molecule has 0 saturated carbocycles.